The number of alkyl carbamates (subject to hydrolysis) is 1. The van der Waals surface area contributed by atoms with Gasteiger partial charge in [0, 0.05) is 13.1 Å². The maximum absolute atomic E-state index is 11.1. The van der Waals surface area contributed by atoms with E-state index in [4.69, 9.17) is 9.84 Å². The summed E-state index contributed by atoms with van der Waals surface area (Å²) in [6, 6.07) is 7.28. The van der Waals surface area contributed by atoms with Gasteiger partial charge in [-0.05, 0) is 18.1 Å². The Kier molecular flexibility index (Phi) is 5.50. The summed E-state index contributed by atoms with van der Waals surface area (Å²) in [5, 5.41) is 13.4. The number of hydrogen-bond acceptors (Lipinski definition) is 3. The highest BCUT2D eigenvalue weighted by Gasteiger charge is 2.02. The third-order valence-corrected chi connectivity index (χ3v) is 2.15. The van der Waals surface area contributed by atoms with Crippen LogP contribution in [0, 0.1) is 0 Å². The van der Waals surface area contributed by atoms with Crippen molar-refractivity contribution in [2.24, 2.45) is 0 Å². The molecule has 2 amide bonds. The molecule has 0 aromatic heterocycles. The fraction of sp³-hybridized carbons (Fsp3) is 0.333. The molecule has 0 heterocycles. The molecule has 0 radical (unpaired) electrons. The van der Waals surface area contributed by atoms with Crippen molar-refractivity contribution in [3.05, 3.63) is 35.4 Å². The van der Waals surface area contributed by atoms with Crippen LogP contribution in [0.15, 0.2) is 24.3 Å². The summed E-state index contributed by atoms with van der Waals surface area (Å²) < 4.78 is 4.73. The maximum atomic E-state index is 11.1. The van der Waals surface area contributed by atoms with Crippen LogP contribution in [-0.2, 0) is 17.8 Å². The lowest BCUT2D eigenvalue weighted by Gasteiger charge is -2.07. The molecule has 0 saturated heterocycles. The van der Waals surface area contributed by atoms with E-state index in [0.717, 1.165) is 11.1 Å². The number of hydrogen-bond donors (Lipinski definition) is 3. The minimum Gasteiger partial charge on any atom is -0.465 e. The monoisotopic (exact) mass is 252 g/mol. The maximum Gasteiger partial charge on any atom is 0.407 e. The van der Waals surface area contributed by atoms with Crippen molar-refractivity contribution in [3.8, 4) is 0 Å². The predicted octanol–water partition coefficient (Wildman–Crippen LogP) is 1.70. The summed E-state index contributed by atoms with van der Waals surface area (Å²) in [6.07, 6.45) is -1.53. The first-order chi connectivity index (χ1) is 8.61. The van der Waals surface area contributed by atoms with Gasteiger partial charge in [0.05, 0.1) is 6.61 Å². The van der Waals surface area contributed by atoms with E-state index in [1.807, 2.05) is 18.2 Å². The Morgan fingerprint density at radius 2 is 1.83 bits per heavy atom. The second-order valence-electron chi connectivity index (χ2n) is 3.55. The molecule has 0 unspecified atom stereocenters. The van der Waals surface area contributed by atoms with Crippen molar-refractivity contribution in [1.29, 1.82) is 0 Å². The van der Waals surface area contributed by atoms with Gasteiger partial charge >= 0.3 is 12.2 Å². The first-order valence-electron chi connectivity index (χ1n) is 5.57. The number of carbonyl (C=O) groups excluding carboxylic acids is 1. The van der Waals surface area contributed by atoms with Gasteiger partial charge in [-0.15, -0.1) is 0 Å². The first kappa shape index (κ1) is 13.8. The average Bonchev–Trinajstić information content (AvgIpc) is 2.35. The number of benzene rings is 1. The van der Waals surface area contributed by atoms with Crippen molar-refractivity contribution in [2.45, 2.75) is 20.0 Å². The molecule has 0 atom stereocenters. The van der Waals surface area contributed by atoms with E-state index in [9.17, 15) is 9.59 Å². The molecule has 0 saturated carbocycles. The molecule has 0 spiro atoms. The van der Waals surface area contributed by atoms with Crippen molar-refractivity contribution >= 4 is 12.2 Å². The summed E-state index contributed by atoms with van der Waals surface area (Å²) in [7, 11) is 0. The van der Waals surface area contributed by atoms with Crippen molar-refractivity contribution in [3.63, 3.8) is 0 Å². The zero-order valence-corrected chi connectivity index (χ0v) is 10.1. The molecule has 3 N–H and O–H groups in total. The van der Waals surface area contributed by atoms with Crippen LogP contribution < -0.4 is 10.6 Å². The van der Waals surface area contributed by atoms with Crippen LogP contribution in [0.1, 0.15) is 18.1 Å². The lowest BCUT2D eigenvalue weighted by atomic mass is 10.1. The molecule has 1 aromatic carbocycles. The van der Waals surface area contributed by atoms with Crippen LogP contribution in [0.3, 0.4) is 0 Å². The van der Waals surface area contributed by atoms with Crippen LogP contribution in [0.4, 0.5) is 9.59 Å². The number of rotatable bonds is 5. The zero-order chi connectivity index (χ0) is 13.4. The fourth-order valence-corrected chi connectivity index (χ4v) is 1.38. The van der Waals surface area contributed by atoms with E-state index in [1.165, 1.54) is 0 Å². The highest BCUT2D eigenvalue weighted by atomic mass is 16.5. The van der Waals surface area contributed by atoms with Crippen LogP contribution in [-0.4, -0.2) is 23.9 Å². The summed E-state index contributed by atoms with van der Waals surface area (Å²) in [5.74, 6) is 0. The fourth-order valence-electron chi connectivity index (χ4n) is 1.38. The average molecular weight is 252 g/mol. The molecule has 6 nitrogen and oxygen atoms in total. The van der Waals surface area contributed by atoms with Crippen molar-refractivity contribution < 1.29 is 19.4 Å². The molecule has 1 rings (SSSR count). The first-order valence-corrected chi connectivity index (χ1v) is 5.57. The molecule has 18 heavy (non-hydrogen) atoms. The molecular formula is C12H16N2O4. The van der Waals surface area contributed by atoms with E-state index in [1.54, 1.807) is 13.0 Å². The molecule has 0 aliphatic rings. The van der Waals surface area contributed by atoms with E-state index < -0.39 is 12.2 Å². The van der Waals surface area contributed by atoms with Gasteiger partial charge in [-0.25, -0.2) is 9.59 Å². The Morgan fingerprint density at radius 3 is 2.39 bits per heavy atom. The second-order valence-corrected chi connectivity index (χ2v) is 3.55. The van der Waals surface area contributed by atoms with Crippen LogP contribution in [0.25, 0.3) is 0 Å². The Bertz CT molecular complexity index is 420. The van der Waals surface area contributed by atoms with Gasteiger partial charge in [0.15, 0.2) is 0 Å². The Morgan fingerprint density at radius 1 is 1.22 bits per heavy atom. The summed E-state index contributed by atoms with van der Waals surface area (Å²) in [5.41, 5.74) is 1.72. The molecule has 0 aliphatic carbocycles. The summed E-state index contributed by atoms with van der Waals surface area (Å²) in [4.78, 5) is 21.5. The summed E-state index contributed by atoms with van der Waals surface area (Å²) in [6.45, 7) is 2.65. The molecule has 0 fully saturated rings. The molecule has 0 aliphatic heterocycles. The Labute approximate surface area is 105 Å². The van der Waals surface area contributed by atoms with Crippen molar-refractivity contribution in [2.75, 3.05) is 6.61 Å². The van der Waals surface area contributed by atoms with E-state index >= 15 is 0 Å². The van der Waals surface area contributed by atoms with Crippen LogP contribution in [0.2, 0.25) is 0 Å². The topological polar surface area (TPSA) is 87.7 Å². The van der Waals surface area contributed by atoms with Crippen molar-refractivity contribution in [1.82, 2.24) is 10.6 Å². The Balaban J connectivity index is 2.48. The molecule has 0 bridgehead atoms. The molecule has 6 heteroatoms. The smallest absolute Gasteiger partial charge is 0.407 e. The number of amides is 2. The summed E-state index contributed by atoms with van der Waals surface area (Å²) >= 11 is 0. The standard InChI is InChI=1S/C12H16N2O4/c1-2-18-12(17)14-8-10-5-3-4-9(6-10)7-13-11(15)16/h3-6,13H,2,7-8H2,1H3,(H,14,17)(H,15,16). The van der Waals surface area contributed by atoms with Gasteiger partial charge < -0.3 is 20.5 Å². The van der Waals surface area contributed by atoms with E-state index in [0.29, 0.717) is 13.2 Å². The van der Waals surface area contributed by atoms with E-state index in [2.05, 4.69) is 10.6 Å². The number of carboxylic acid groups (broad SMARTS) is 1. The molecule has 1 aromatic rings. The predicted molar refractivity (Wildman–Crippen MR) is 65.2 cm³/mol. The second kappa shape index (κ2) is 7.16. The van der Waals surface area contributed by atoms with E-state index in [-0.39, 0.29) is 6.54 Å². The highest BCUT2D eigenvalue weighted by molar-refractivity contribution is 5.67. The van der Waals surface area contributed by atoms with Gasteiger partial charge in [-0.3, -0.25) is 0 Å². The lowest BCUT2D eigenvalue weighted by Crippen LogP contribution is -2.24. The SMILES string of the molecule is CCOC(=O)NCc1cccc(CNC(=O)O)c1. The number of ether oxygens (including phenoxy) is 1. The number of carbonyl (C=O) groups is 2. The van der Waals surface area contributed by atoms with Gasteiger partial charge in [0.2, 0.25) is 0 Å². The normalized spacial score (nSPS) is 9.61. The minimum absolute atomic E-state index is 0.239. The third-order valence-electron chi connectivity index (χ3n) is 2.15. The number of nitrogens with one attached hydrogen (secondary N) is 2. The Hall–Kier alpha value is -2.24. The van der Waals surface area contributed by atoms with Crippen LogP contribution in [0.5, 0.6) is 0 Å². The zero-order valence-electron chi connectivity index (χ0n) is 10.1. The lowest BCUT2D eigenvalue weighted by molar-refractivity contribution is 0.151. The van der Waals surface area contributed by atoms with Gasteiger partial charge in [0.25, 0.3) is 0 Å². The van der Waals surface area contributed by atoms with Gasteiger partial charge in [-0.1, -0.05) is 24.3 Å². The minimum atomic E-state index is -1.06. The van der Waals surface area contributed by atoms with Gasteiger partial charge in [0.1, 0.15) is 0 Å². The van der Waals surface area contributed by atoms with Crippen LogP contribution >= 0.6 is 0 Å². The van der Waals surface area contributed by atoms with Gasteiger partial charge in [-0.2, -0.15) is 0 Å². The largest absolute Gasteiger partial charge is 0.465 e. The molecule has 98 valence electrons. The molecular weight excluding hydrogens is 236 g/mol. The highest BCUT2D eigenvalue weighted by Crippen LogP contribution is 2.05. The third kappa shape index (κ3) is 5.20. The quantitative estimate of drug-likeness (QED) is 0.744.